The van der Waals surface area contributed by atoms with Crippen molar-refractivity contribution < 1.29 is 4.39 Å². The number of nitrogens with two attached hydrogens (primary N) is 1. The molecule has 3 heterocycles. The van der Waals surface area contributed by atoms with Gasteiger partial charge in [0.25, 0.3) is 0 Å². The highest BCUT2D eigenvalue weighted by Crippen LogP contribution is 2.31. The Morgan fingerprint density at radius 2 is 2.03 bits per heavy atom. The molecule has 2 aliphatic rings. The molecule has 7 heteroatoms. The first kappa shape index (κ1) is 24.7. The highest BCUT2D eigenvalue weighted by atomic mass is 19.1. The van der Waals surface area contributed by atoms with Gasteiger partial charge in [0.1, 0.15) is 11.5 Å². The van der Waals surface area contributed by atoms with Gasteiger partial charge in [-0.2, -0.15) is 0 Å². The van der Waals surface area contributed by atoms with E-state index in [1.54, 1.807) is 0 Å². The molecule has 5 N–H and O–H groups in total. The zero-order valence-corrected chi connectivity index (χ0v) is 20.8. The van der Waals surface area contributed by atoms with Crippen LogP contribution in [0.15, 0.2) is 48.7 Å². The SMILES string of the molecule is C=C(C1CCCN1)N1Cc2nc(C(=N)c3ccc(-c4cc(F)ccc4CC)cc3N)[nH]c2C1.CC. The van der Waals surface area contributed by atoms with Gasteiger partial charge >= 0.3 is 0 Å². The molecule has 1 atom stereocenters. The van der Waals surface area contributed by atoms with E-state index in [-0.39, 0.29) is 11.5 Å². The number of halogens is 1. The van der Waals surface area contributed by atoms with Crippen LogP contribution in [0, 0.1) is 11.2 Å². The first-order valence-corrected chi connectivity index (χ1v) is 12.5. The maximum atomic E-state index is 13.9. The Labute approximate surface area is 207 Å². The average molecular weight is 475 g/mol. The molecule has 6 nitrogen and oxygen atoms in total. The topological polar surface area (TPSA) is 93.8 Å². The van der Waals surface area contributed by atoms with Crippen molar-refractivity contribution >= 4 is 11.4 Å². The van der Waals surface area contributed by atoms with E-state index < -0.39 is 0 Å². The van der Waals surface area contributed by atoms with Crippen molar-refractivity contribution in [3.05, 3.63) is 82.8 Å². The number of nitrogen functional groups attached to an aromatic ring is 1. The van der Waals surface area contributed by atoms with Crippen molar-refractivity contribution in [1.29, 1.82) is 5.41 Å². The molecule has 0 bridgehead atoms. The highest BCUT2D eigenvalue weighted by molar-refractivity contribution is 6.12. The monoisotopic (exact) mass is 474 g/mol. The first-order chi connectivity index (χ1) is 16.9. The van der Waals surface area contributed by atoms with Crippen LogP contribution >= 0.6 is 0 Å². The van der Waals surface area contributed by atoms with Crippen LogP contribution in [-0.2, 0) is 19.5 Å². The van der Waals surface area contributed by atoms with Gasteiger partial charge in [-0.3, -0.25) is 5.41 Å². The molecule has 0 amide bonds. The smallest absolute Gasteiger partial charge is 0.156 e. The van der Waals surface area contributed by atoms with Crippen LogP contribution in [0.25, 0.3) is 11.1 Å². The molecule has 3 aromatic rings. The molecular formula is C28H35FN6. The molecular weight excluding hydrogens is 439 g/mol. The Bertz CT molecular complexity index is 1210. The van der Waals surface area contributed by atoms with E-state index >= 15 is 0 Å². The number of aromatic amines is 1. The number of aromatic nitrogens is 2. The van der Waals surface area contributed by atoms with Gasteiger partial charge in [-0.1, -0.05) is 45.5 Å². The van der Waals surface area contributed by atoms with E-state index in [9.17, 15) is 4.39 Å². The second-order valence-electron chi connectivity index (χ2n) is 8.84. The molecule has 0 saturated carbocycles. The third kappa shape index (κ3) is 4.86. The minimum Gasteiger partial charge on any atom is -0.398 e. The summed E-state index contributed by atoms with van der Waals surface area (Å²) in [7, 11) is 0. The fourth-order valence-electron chi connectivity index (χ4n) is 4.86. The number of nitrogens with zero attached hydrogens (tertiary/aromatic N) is 2. The van der Waals surface area contributed by atoms with Crippen molar-refractivity contribution in [1.82, 2.24) is 20.2 Å². The van der Waals surface area contributed by atoms with Gasteiger partial charge in [0.2, 0.25) is 0 Å². The maximum absolute atomic E-state index is 13.9. The molecule has 35 heavy (non-hydrogen) atoms. The van der Waals surface area contributed by atoms with Gasteiger partial charge in [-0.15, -0.1) is 0 Å². The van der Waals surface area contributed by atoms with E-state index in [1.165, 1.54) is 18.6 Å². The number of imidazole rings is 1. The van der Waals surface area contributed by atoms with E-state index in [4.69, 9.17) is 16.1 Å². The number of benzene rings is 2. The Morgan fingerprint density at radius 1 is 1.23 bits per heavy atom. The third-order valence-electron chi connectivity index (χ3n) is 6.74. The fourth-order valence-corrected chi connectivity index (χ4v) is 4.86. The number of hydrogen-bond donors (Lipinski definition) is 4. The fraction of sp³-hybridized carbons (Fsp3) is 0.357. The van der Waals surface area contributed by atoms with Gasteiger partial charge < -0.3 is 20.9 Å². The lowest BCUT2D eigenvalue weighted by molar-refractivity contribution is 0.325. The summed E-state index contributed by atoms with van der Waals surface area (Å²) in [6.07, 6.45) is 3.10. The minimum absolute atomic E-state index is 0.256. The van der Waals surface area contributed by atoms with Crippen LogP contribution in [0.5, 0.6) is 0 Å². The number of hydrogen-bond acceptors (Lipinski definition) is 5. The van der Waals surface area contributed by atoms with Crippen molar-refractivity contribution in [3.8, 4) is 11.1 Å². The summed E-state index contributed by atoms with van der Waals surface area (Å²) in [5.41, 5.74) is 13.5. The number of rotatable bonds is 6. The molecule has 0 aliphatic carbocycles. The van der Waals surface area contributed by atoms with Crippen LogP contribution in [-0.4, -0.2) is 33.2 Å². The number of H-pyrrole nitrogens is 1. The number of aryl methyl sites for hydroxylation is 1. The Hall–Kier alpha value is -3.45. The summed E-state index contributed by atoms with van der Waals surface area (Å²) < 4.78 is 13.9. The standard InChI is InChI=1S/C26H29FN6.C2H6/c1-3-16-6-8-18(27)12-20(16)17-7-9-19(21(28)11-17)25(29)26-31-23-13-33(14-24(23)32-26)15(2)22-5-4-10-30-22;1-2/h6-9,11-12,22,29-30H,2-5,10,13-14,28H2,1H3,(H,31,32);1-2H3. The quantitative estimate of drug-likeness (QED) is 0.285. The zero-order valence-electron chi connectivity index (χ0n) is 20.8. The van der Waals surface area contributed by atoms with E-state index in [0.29, 0.717) is 29.7 Å². The van der Waals surface area contributed by atoms with Crippen LogP contribution in [0.1, 0.15) is 62.0 Å². The zero-order chi connectivity index (χ0) is 25.1. The number of fused-ring (bicyclic) bond motifs is 1. The second kappa shape index (κ2) is 10.4. The molecule has 1 aromatic heterocycles. The summed E-state index contributed by atoms with van der Waals surface area (Å²) >= 11 is 0. The Balaban J connectivity index is 0.00000141. The number of anilines is 1. The molecule has 2 aromatic carbocycles. The molecule has 184 valence electrons. The van der Waals surface area contributed by atoms with Gasteiger partial charge in [-0.25, -0.2) is 9.37 Å². The van der Waals surface area contributed by atoms with Gasteiger partial charge in [0.05, 0.1) is 24.5 Å². The van der Waals surface area contributed by atoms with Crippen LogP contribution in [0.2, 0.25) is 0 Å². The molecule has 0 spiro atoms. The summed E-state index contributed by atoms with van der Waals surface area (Å²) in [4.78, 5) is 10.3. The second-order valence-corrected chi connectivity index (χ2v) is 8.84. The summed E-state index contributed by atoms with van der Waals surface area (Å²) in [6.45, 7) is 12.8. The predicted molar refractivity (Wildman–Crippen MR) is 141 cm³/mol. The summed E-state index contributed by atoms with van der Waals surface area (Å²) in [5, 5.41) is 12.2. The van der Waals surface area contributed by atoms with Crippen molar-refractivity contribution in [2.75, 3.05) is 12.3 Å². The van der Waals surface area contributed by atoms with Crippen molar-refractivity contribution in [2.24, 2.45) is 0 Å². The van der Waals surface area contributed by atoms with Crippen LogP contribution in [0.4, 0.5) is 10.1 Å². The first-order valence-electron chi connectivity index (χ1n) is 12.5. The molecule has 1 unspecified atom stereocenters. The van der Waals surface area contributed by atoms with E-state index in [1.807, 2.05) is 45.0 Å². The lowest BCUT2D eigenvalue weighted by Gasteiger charge is -2.25. The Kier molecular flexibility index (Phi) is 7.36. The van der Waals surface area contributed by atoms with Gasteiger partial charge in [-0.05, 0) is 60.7 Å². The highest BCUT2D eigenvalue weighted by Gasteiger charge is 2.29. The van der Waals surface area contributed by atoms with Crippen LogP contribution < -0.4 is 11.1 Å². The normalized spacial score (nSPS) is 16.6. The van der Waals surface area contributed by atoms with E-state index in [0.717, 1.165) is 59.7 Å². The van der Waals surface area contributed by atoms with E-state index in [2.05, 4.69) is 21.8 Å². The van der Waals surface area contributed by atoms with Gasteiger partial charge in [0.15, 0.2) is 5.82 Å². The Morgan fingerprint density at radius 3 is 2.69 bits per heavy atom. The van der Waals surface area contributed by atoms with Gasteiger partial charge in [0, 0.05) is 23.0 Å². The predicted octanol–water partition coefficient (Wildman–Crippen LogP) is 5.38. The third-order valence-corrected chi connectivity index (χ3v) is 6.74. The van der Waals surface area contributed by atoms with Crippen molar-refractivity contribution in [2.45, 2.75) is 59.2 Å². The lowest BCUT2D eigenvalue weighted by atomic mass is 9.95. The minimum atomic E-state index is -0.275. The molecule has 1 saturated heterocycles. The molecule has 1 fully saturated rings. The average Bonchev–Trinajstić information content (AvgIpc) is 3.61. The molecule has 5 rings (SSSR count). The lowest BCUT2D eigenvalue weighted by Crippen LogP contribution is -2.32. The molecule has 0 radical (unpaired) electrons. The maximum Gasteiger partial charge on any atom is 0.156 e. The van der Waals surface area contributed by atoms with Crippen LogP contribution in [0.3, 0.4) is 0 Å². The van der Waals surface area contributed by atoms with Crippen molar-refractivity contribution in [3.63, 3.8) is 0 Å². The summed E-state index contributed by atoms with van der Waals surface area (Å²) in [5.74, 6) is 0.242. The molecule has 2 aliphatic heterocycles. The summed E-state index contributed by atoms with van der Waals surface area (Å²) in [6, 6.07) is 10.7. The number of nitrogens with one attached hydrogen (secondary N) is 3. The largest absolute Gasteiger partial charge is 0.398 e.